The average Bonchev–Trinajstić information content (AvgIpc) is 2.70. The van der Waals surface area contributed by atoms with Gasteiger partial charge in [-0.25, -0.2) is 9.37 Å². The van der Waals surface area contributed by atoms with Crippen molar-refractivity contribution < 1.29 is 18.7 Å². The molecule has 6 N–H and O–H groups in total. The summed E-state index contributed by atoms with van der Waals surface area (Å²) in [6.45, 7) is -0.270. The van der Waals surface area contributed by atoms with Gasteiger partial charge in [0.1, 0.15) is 5.75 Å². The van der Waals surface area contributed by atoms with Crippen molar-refractivity contribution in [3.63, 3.8) is 0 Å². The number of nitrogens with two attached hydrogens (primary N) is 2. The first-order valence-electron chi connectivity index (χ1n) is 8.38. The highest BCUT2D eigenvalue weighted by molar-refractivity contribution is 5.93. The molecule has 0 bridgehead atoms. The van der Waals surface area contributed by atoms with Crippen molar-refractivity contribution in [2.24, 2.45) is 11.5 Å². The van der Waals surface area contributed by atoms with Crippen LogP contribution in [0.15, 0.2) is 54.7 Å². The Kier molecular flexibility index (Phi) is 5.83. The minimum atomic E-state index is -0.664. The van der Waals surface area contributed by atoms with E-state index in [0.717, 1.165) is 6.20 Å². The van der Waals surface area contributed by atoms with Gasteiger partial charge in [0.25, 0.3) is 5.91 Å². The molecule has 0 aliphatic heterocycles. The van der Waals surface area contributed by atoms with Crippen LogP contribution < -0.4 is 26.8 Å². The molecule has 9 nitrogen and oxygen atoms in total. The summed E-state index contributed by atoms with van der Waals surface area (Å²) in [6, 6.07) is 12.9. The molecular formula is C19H17FN6O3. The van der Waals surface area contributed by atoms with Gasteiger partial charge >= 0.3 is 0 Å². The number of carbonyl (C=O) groups excluding carboxylic acids is 2. The van der Waals surface area contributed by atoms with E-state index in [2.05, 4.69) is 20.6 Å². The molecule has 3 aromatic rings. The van der Waals surface area contributed by atoms with Crippen molar-refractivity contribution in [1.29, 1.82) is 0 Å². The zero-order valence-corrected chi connectivity index (χ0v) is 15.1. The second-order valence-corrected chi connectivity index (χ2v) is 5.86. The van der Waals surface area contributed by atoms with Crippen LogP contribution in [0.3, 0.4) is 0 Å². The van der Waals surface area contributed by atoms with Crippen molar-refractivity contribution in [3.05, 3.63) is 66.1 Å². The Hall–Kier alpha value is -4.21. The molecule has 0 aliphatic rings. The van der Waals surface area contributed by atoms with Gasteiger partial charge in [0, 0.05) is 23.0 Å². The maximum Gasteiger partial charge on any atom is 0.255 e. The highest BCUT2D eigenvalue weighted by Gasteiger charge is 2.09. The van der Waals surface area contributed by atoms with Crippen molar-refractivity contribution >= 4 is 35.0 Å². The van der Waals surface area contributed by atoms with Crippen molar-refractivity contribution in [1.82, 2.24) is 9.97 Å². The zero-order chi connectivity index (χ0) is 20.8. The number of anilines is 4. The van der Waals surface area contributed by atoms with Gasteiger partial charge in [0.05, 0.1) is 6.20 Å². The first-order valence-corrected chi connectivity index (χ1v) is 8.38. The van der Waals surface area contributed by atoms with Gasteiger partial charge in [-0.3, -0.25) is 9.59 Å². The molecule has 0 fully saturated rings. The van der Waals surface area contributed by atoms with Crippen molar-refractivity contribution in [3.8, 4) is 5.75 Å². The van der Waals surface area contributed by atoms with Crippen molar-refractivity contribution in [2.45, 2.75) is 0 Å². The molecule has 10 heteroatoms. The molecule has 0 radical (unpaired) electrons. The van der Waals surface area contributed by atoms with Gasteiger partial charge in [-0.2, -0.15) is 4.98 Å². The van der Waals surface area contributed by atoms with Crippen LogP contribution in [0.5, 0.6) is 5.75 Å². The van der Waals surface area contributed by atoms with E-state index in [1.54, 1.807) is 48.5 Å². The predicted molar refractivity (Wildman–Crippen MR) is 105 cm³/mol. The van der Waals surface area contributed by atoms with Gasteiger partial charge in [-0.1, -0.05) is 6.07 Å². The summed E-state index contributed by atoms with van der Waals surface area (Å²) in [6.07, 6.45) is 1.02. The molecule has 1 aromatic heterocycles. The Morgan fingerprint density at radius 3 is 2.48 bits per heavy atom. The summed E-state index contributed by atoms with van der Waals surface area (Å²) in [7, 11) is 0. The van der Waals surface area contributed by atoms with E-state index in [-0.39, 0.29) is 18.4 Å². The lowest BCUT2D eigenvalue weighted by molar-refractivity contribution is -0.119. The van der Waals surface area contributed by atoms with Crippen LogP contribution in [-0.2, 0) is 4.79 Å². The maximum absolute atomic E-state index is 14.1. The first-order chi connectivity index (χ1) is 13.9. The van der Waals surface area contributed by atoms with Crippen LogP contribution in [0.4, 0.5) is 27.5 Å². The molecule has 2 aromatic carbocycles. The van der Waals surface area contributed by atoms with Crippen LogP contribution in [0.2, 0.25) is 0 Å². The third kappa shape index (κ3) is 5.39. The van der Waals surface area contributed by atoms with Crippen LogP contribution in [0.25, 0.3) is 0 Å². The van der Waals surface area contributed by atoms with Gasteiger partial charge in [-0.15, -0.1) is 0 Å². The Balaban J connectivity index is 1.74. The molecule has 148 valence electrons. The van der Waals surface area contributed by atoms with E-state index >= 15 is 0 Å². The number of hydrogen-bond donors (Lipinski definition) is 4. The topological polar surface area (TPSA) is 145 Å². The molecular weight excluding hydrogens is 379 g/mol. The summed E-state index contributed by atoms with van der Waals surface area (Å²) < 4.78 is 19.4. The fraction of sp³-hybridized carbons (Fsp3) is 0.0526. The number of benzene rings is 2. The monoisotopic (exact) mass is 396 g/mol. The molecule has 1 heterocycles. The number of rotatable bonds is 8. The van der Waals surface area contributed by atoms with E-state index in [1.165, 1.54) is 0 Å². The molecule has 0 unspecified atom stereocenters. The third-order valence-corrected chi connectivity index (χ3v) is 3.65. The minimum absolute atomic E-state index is 0.0664. The lowest BCUT2D eigenvalue weighted by Gasteiger charge is -2.11. The van der Waals surface area contributed by atoms with Crippen molar-refractivity contribution in [2.75, 3.05) is 17.2 Å². The highest BCUT2D eigenvalue weighted by atomic mass is 19.1. The Morgan fingerprint density at radius 1 is 1.03 bits per heavy atom. The fourth-order valence-corrected chi connectivity index (χ4v) is 2.32. The predicted octanol–water partition coefficient (Wildman–Crippen LogP) is 2.07. The SMILES string of the molecule is NC(=O)COc1cccc(Nc2nc(Nc3ccc(C(N)=O)cc3)ncc2F)c1. The Bertz CT molecular complexity index is 1040. The standard InChI is InChI=1S/C19H17FN6O3/c20-15-9-23-19(25-12-6-4-11(5-7-12)17(22)28)26-18(15)24-13-2-1-3-14(8-13)29-10-16(21)27/h1-9H,10H2,(H2,21,27)(H2,22,28)(H2,23,24,25,26). The molecule has 0 saturated heterocycles. The lowest BCUT2D eigenvalue weighted by atomic mass is 10.2. The Morgan fingerprint density at radius 2 is 1.79 bits per heavy atom. The van der Waals surface area contributed by atoms with Crippen LogP contribution in [-0.4, -0.2) is 28.4 Å². The number of primary amides is 2. The number of aromatic nitrogens is 2. The summed E-state index contributed by atoms with van der Waals surface area (Å²) in [5, 5.41) is 5.74. The second kappa shape index (κ2) is 8.65. The first kappa shape index (κ1) is 19.5. The summed E-state index contributed by atoms with van der Waals surface area (Å²) in [5.41, 5.74) is 11.7. The number of halogens is 1. The normalized spacial score (nSPS) is 10.2. The molecule has 29 heavy (non-hydrogen) atoms. The van der Waals surface area contributed by atoms with E-state index in [0.29, 0.717) is 22.7 Å². The zero-order valence-electron chi connectivity index (χ0n) is 15.1. The largest absolute Gasteiger partial charge is 0.484 e. The quantitative estimate of drug-likeness (QED) is 0.456. The van der Waals surface area contributed by atoms with Gasteiger partial charge in [-0.05, 0) is 36.4 Å². The average molecular weight is 396 g/mol. The third-order valence-electron chi connectivity index (χ3n) is 3.65. The van der Waals surface area contributed by atoms with Gasteiger partial charge in [0.2, 0.25) is 11.9 Å². The number of ether oxygens (including phenoxy) is 1. The maximum atomic E-state index is 14.1. The van der Waals surface area contributed by atoms with Gasteiger partial charge < -0.3 is 26.8 Å². The van der Waals surface area contributed by atoms with Crippen LogP contribution in [0, 0.1) is 5.82 Å². The molecule has 0 spiro atoms. The summed E-state index contributed by atoms with van der Waals surface area (Å²) in [4.78, 5) is 29.9. The second-order valence-electron chi connectivity index (χ2n) is 5.86. The van der Waals surface area contributed by atoms with E-state index < -0.39 is 17.6 Å². The molecule has 2 amide bonds. The minimum Gasteiger partial charge on any atom is -0.484 e. The van der Waals surface area contributed by atoms with E-state index in [9.17, 15) is 14.0 Å². The lowest BCUT2D eigenvalue weighted by Crippen LogP contribution is -2.20. The smallest absolute Gasteiger partial charge is 0.255 e. The number of nitrogens with one attached hydrogen (secondary N) is 2. The summed E-state index contributed by atoms with van der Waals surface area (Å²) in [5.74, 6) is -1.35. The van der Waals surface area contributed by atoms with Gasteiger partial charge in [0.15, 0.2) is 18.2 Å². The fourth-order valence-electron chi connectivity index (χ4n) is 2.32. The molecule has 0 atom stereocenters. The van der Waals surface area contributed by atoms with Crippen LogP contribution >= 0.6 is 0 Å². The summed E-state index contributed by atoms with van der Waals surface area (Å²) >= 11 is 0. The molecule has 3 rings (SSSR count). The van der Waals surface area contributed by atoms with Crippen LogP contribution in [0.1, 0.15) is 10.4 Å². The van der Waals surface area contributed by atoms with E-state index in [1.807, 2.05) is 0 Å². The Labute approximate surface area is 164 Å². The number of amides is 2. The molecule has 0 saturated carbocycles. The van der Waals surface area contributed by atoms with E-state index in [4.69, 9.17) is 16.2 Å². The number of hydrogen-bond acceptors (Lipinski definition) is 7. The highest BCUT2D eigenvalue weighted by Crippen LogP contribution is 2.23. The number of carbonyl (C=O) groups is 2. The number of nitrogens with zero attached hydrogens (tertiary/aromatic N) is 2. The molecule has 0 aliphatic carbocycles.